The van der Waals surface area contributed by atoms with Gasteiger partial charge in [0.1, 0.15) is 0 Å². The van der Waals surface area contributed by atoms with Crippen LogP contribution in [0.1, 0.15) is 35.7 Å². The van der Waals surface area contributed by atoms with Gasteiger partial charge in [-0.3, -0.25) is 4.90 Å². The number of hydrogen-bond acceptors (Lipinski definition) is 2. The predicted molar refractivity (Wildman–Crippen MR) is 79.8 cm³/mol. The fourth-order valence-corrected chi connectivity index (χ4v) is 3.22. The van der Waals surface area contributed by atoms with Crippen molar-refractivity contribution in [3.8, 4) is 0 Å². The highest BCUT2D eigenvalue weighted by molar-refractivity contribution is 5.97. The first-order chi connectivity index (χ1) is 10.1. The molecule has 5 nitrogen and oxygen atoms in total. The first kappa shape index (κ1) is 13.9. The Balaban J connectivity index is 1.82. The minimum Gasteiger partial charge on any atom is -0.478 e. The number of carbonyl (C=O) groups is 2. The molecule has 2 amide bonds. The van der Waals surface area contributed by atoms with Crippen molar-refractivity contribution in [3.05, 3.63) is 29.3 Å². The molecule has 0 spiro atoms. The molecule has 1 fully saturated rings. The monoisotopic (exact) mass is 288 g/mol. The van der Waals surface area contributed by atoms with Crippen molar-refractivity contribution in [1.82, 2.24) is 4.90 Å². The number of likely N-dealkylation sites (tertiary alicyclic amines) is 1. The summed E-state index contributed by atoms with van der Waals surface area (Å²) in [4.78, 5) is 27.4. The van der Waals surface area contributed by atoms with Crippen LogP contribution in [-0.2, 0) is 6.42 Å². The summed E-state index contributed by atoms with van der Waals surface area (Å²) in [6.07, 6.45) is 2.97. The zero-order chi connectivity index (χ0) is 15.0. The molecule has 1 aromatic carbocycles. The van der Waals surface area contributed by atoms with E-state index in [4.69, 9.17) is 5.11 Å². The average molecular weight is 288 g/mol. The molecule has 2 heterocycles. The number of aromatic carboxylic acids is 1. The van der Waals surface area contributed by atoms with Crippen LogP contribution in [0.3, 0.4) is 0 Å². The molecule has 1 unspecified atom stereocenters. The summed E-state index contributed by atoms with van der Waals surface area (Å²) in [5, 5.41) is 9.11. The Bertz CT molecular complexity index is 585. The lowest BCUT2D eigenvalue weighted by atomic mass is 10.1. The van der Waals surface area contributed by atoms with Gasteiger partial charge in [0.25, 0.3) is 0 Å². The van der Waals surface area contributed by atoms with Gasteiger partial charge >= 0.3 is 12.0 Å². The summed E-state index contributed by atoms with van der Waals surface area (Å²) in [6.45, 7) is 4.43. The second kappa shape index (κ2) is 5.39. The first-order valence-corrected chi connectivity index (χ1v) is 7.52. The maximum atomic E-state index is 12.7. The first-order valence-electron chi connectivity index (χ1n) is 7.52. The number of carboxylic acids is 1. The number of fused-ring (bicyclic) bond motifs is 1. The molecule has 0 radical (unpaired) electrons. The Morgan fingerprint density at radius 2 is 2.14 bits per heavy atom. The number of carboxylic acid groups (broad SMARTS) is 1. The second-order valence-electron chi connectivity index (χ2n) is 5.84. The van der Waals surface area contributed by atoms with Gasteiger partial charge in [-0.15, -0.1) is 0 Å². The number of rotatable bonds is 2. The molecule has 2 aliphatic rings. The number of carbonyl (C=O) groups excluding carboxylic acids is 1. The van der Waals surface area contributed by atoms with E-state index in [1.807, 2.05) is 11.0 Å². The van der Waals surface area contributed by atoms with Crippen molar-refractivity contribution >= 4 is 17.7 Å². The maximum Gasteiger partial charge on any atom is 0.335 e. The third-order valence-electron chi connectivity index (χ3n) is 4.59. The van der Waals surface area contributed by atoms with E-state index in [1.54, 1.807) is 17.0 Å². The highest BCUT2D eigenvalue weighted by Crippen LogP contribution is 2.31. The molecule has 5 heteroatoms. The number of urea groups is 1. The predicted octanol–water partition coefficient (Wildman–Crippen LogP) is 2.60. The van der Waals surface area contributed by atoms with E-state index in [0.29, 0.717) is 12.5 Å². The largest absolute Gasteiger partial charge is 0.478 e. The summed E-state index contributed by atoms with van der Waals surface area (Å²) < 4.78 is 0. The van der Waals surface area contributed by atoms with E-state index in [0.717, 1.165) is 43.6 Å². The number of benzene rings is 1. The van der Waals surface area contributed by atoms with Crippen LogP contribution in [-0.4, -0.2) is 41.6 Å². The topological polar surface area (TPSA) is 60.9 Å². The van der Waals surface area contributed by atoms with Gasteiger partial charge in [-0.1, -0.05) is 19.4 Å². The summed E-state index contributed by atoms with van der Waals surface area (Å²) in [7, 11) is 0. The number of amides is 2. The molecular formula is C16H20N2O3. The van der Waals surface area contributed by atoms with Crippen LogP contribution in [0.25, 0.3) is 0 Å². The van der Waals surface area contributed by atoms with Gasteiger partial charge in [-0.05, 0) is 36.5 Å². The van der Waals surface area contributed by atoms with Gasteiger partial charge < -0.3 is 10.0 Å². The van der Waals surface area contributed by atoms with Crippen molar-refractivity contribution in [3.63, 3.8) is 0 Å². The van der Waals surface area contributed by atoms with E-state index in [1.165, 1.54) is 0 Å². The number of nitrogens with zero attached hydrogens (tertiary/aromatic N) is 2. The van der Waals surface area contributed by atoms with Gasteiger partial charge in [0.2, 0.25) is 0 Å². The zero-order valence-corrected chi connectivity index (χ0v) is 12.2. The van der Waals surface area contributed by atoms with Crippen molar-refractivity contribution in [2.75, 3.05) is 24.5 Å². The quantitative estimate of drug-likeness (QED) is 0.910. The molecular weight excluding hydrogens is 268 g/mol. The van der Waals surface area contributed by atoms with Crippen molar-refractivity contribution < 1.29 is 14.7 Å². The number of anilines is 1. The average Bonchev–Trinajstić information content (AvgIpc) is 3.12. The smallest absolute Gasteiger partial charge is 0.335 e. The minimum absolute atomic E-state index is 0.0206. The molecule has 0 saturated carbocycles. The molecule has 0 bridgehead atoms. The number of hydrogen-bond donors (Lipinski definition) is 1. The molecule has 2 aliphatic heterocycles. The molecule has 1 aromatic rings. The minimum atomic E-state index is -0.954. The van der Waals surface area contributed by atoms with Crippen LogP contribution in [0.4, 0.5) is 10.5 Å². The van der Waals surface area contributed by atoms with Gasteiger partial charge in [-0.2, -0.15) is 0 Å². The second-order valence-corrected chi connectivity index (χ2v) is 5.84. The third-order valence-corrected chi connectivity index (χ3v) is 4.59. The standard InChI is InChI=1S/C16H20N2O3/c1-2-11-5-7-17(10-11)16(21)18-8-6-12-3-4-13(15(19)20)9-14(12)18/h3-4,9,11H,2,5-8,10H2,1H3,(H,19,20). The fraction of sp³-hybridized carbons (Fsp3) is 0.500. The maximum absolute atomic E-state index is 12.7. The lowest BCUT2D eigenvalue weighted by Gasteiger charge is -2.25. The Morgan fingerprint density at radius 3 is 2.81 bits per heavy atom. The van der Waals surface area contributed by atoms with Gasteiger partial charge in [0.05, 0.1) is 5.56 Å². The van der Waals surface area contributed by atoms with Gasteiger partial charge in [-0.25, -0.2) is 9.59 Å². The van der Waals surface area contributed by atoms with Crippen LogP contribution < -0.4 is 4.90 Å². The van der Waals surface area contributed by atoms with E-state index in [-0.39, 0.29) is 11.6 Å². The highest BCUT2D eigenvalue weighted by Gasteiger charge is 2.32. The Hall–Kier alpha value is -2.04. The molecule has 0 aromatic heterocycles. The lowest BCUT2D eigenvalue weighted by molar-refractivity contribution is 0.0697. The fourth-order valence-electron chi connectivity index (χ4n) is 3.22. The summed E-state index contributed by atoms with van der Waals surface area (Å²) in [6, 6.07) is 5.08. The van der Waals surface area contributed by atoms with Crippen LogP contribution in [0, 0.1) is 5.92 Å². The highest BCUT2D eigenvalue weighted by atomic mass is 16.4. The Morgan fingerprint density at radius 1 is 1.33 bits per heavy atom. The summed E-state index contributed by atoms with van der Waals surface area (Å²) in [5.74, 6) is -0.356. The third kappa shape index (κ3) is 2.48. The van der Waals surface area contributed by atoms with E-state index in [9.17, 15) is 9.59 Å². The lowest BCUT2D eigenvalue weighted by Crippen LogP contribution is -2.41. The van der Waals surface area contributed by atoms with Crippen LogP contribution in [0.5, 0.6) is 0 Å². The Kier molecular flexibility index (Phi) is 3.57. The van der Waals surface area contributed by atoms with Crippen LogP contribution in [0.15, 0.2) is 18.2 Å². The summed E-state index contributed by atoms with van der Waals surface area (Å²) >= 11 is 0. The Labute approximate surface area is 124 Å². The van der Waals surface area contributed by atoms with Crippen LogP contribution >= 0.6 is 0 Å². The molecule has 1 N–H and O–H groups in total. The van der Waals surface area contributed by atoms with Crippen molar-refractivity contribution in [2.24, 2.45) is 5.92 Å². The SMILES string of the molecule is CCC1CCN(C(=O)N2CCc3ccc(C(=O)O)cc32)C1. The molecule has 112 valence electrons. The van der Waals surface area contributed by atoms with E-state index < -0.39 is 5.97 Å². The molecule has 21 heavy (non-hydrogen) atoms. The zero-order valence-electron chi connectivity index (χ0n) is 12.2. The van der Waals surface area contributed by atoms with Gasteiger partial charge in [0, 0.05) is 25.3 Å². The van der Waals surface area contributed by atoms with Crippen LogP contribution in [0.2, 0.25) is 0 Å². The van der Waals surface area contributed by atoms with E-state index in [2.05, 4.69) is 6.92 Å². The normalized spacial score (nSPS) is 20.7. The van der Waals surface area contributed by atoms with Gasteiger partial charge in [0.15, 0.2) is 0 Å². The summed E-state index contributed by atoms with van der Waals surface area (Å²) in [5.41, 5.74) is 2.06. The molecule has 0 aliphatic carbocycles. The van der Waals surface area contributed by atoms with E-state index >= 15 is 0 Å². The van der Waals surface area contributed by atoms with Crippen molar-refractivity contribution in [2.45, 2.75) is 26.2 Å². The molecule has 3 rings (SSSR count). The molecule has 1 saturated heterocycles. The van der Waals surface area contributed by atoms with Crippen molar-refractivity contribution in [1.29, 1.82) is 0 Å². The molecule has 1 atom stereocenters.